The van der Waals surface area contributed by atoms with E-state index in [4.69, 9.17) is 0 Å². The van der Waals surface area contributed by atoms with Gasteiger partial charge >= 0.3 is 0 Å². The van der Waals surface area contributed by atoms with E-state index in [1.807, 2.05) is 36.5 Å². The largest absolute Gasteiger partial charge is 0.361 e. The van der Waals surface area contributed by atoms with Crippen molar-refractivity contribution in [3.8, 4) is 0 Å². The first-order valence-corrected chi connectivity index (χ1v) is 12.5. The lowest BCUT2D eigenvalue weighted by Gasteiger charge is -2.17. The van der Waals surface area contributed by atoms with Crippen LogP contribution < -0.4 is 4.72 Å². The molecule has 0 amide bonds. The molecule has 1 saturated heterocycles. The molecule has 32 heavy (non-hydrogen) atoms. The zero-order chi connectivity index (χ0) is 22.1. The summed E-state index contributed by atoms with van der Waals surface area (Å²) in [6.07, 6.45) is 4.54. The van der Waals surface area contributed by atoms with Gasteiger partial charge in [-0.05, 0) is 79.0 Å². The van der Waals surface area contributed by atoms with E-state index >= 15 is 0 Å². The fourth-order valence-electron chi connectivity index (χ4n) is 4.60. The van der Waals surface area contributed by atoms with Crippen LogP contribution in [0.4, 0.5) is 4.39 Å². The molecule has 0 bridgehead atoms. The third kappa shape index (κ3) is 4.41. The summed E-state index contributed by atoms with van der Waals surface area (Å²) in [7, 11) is -3.56. The topological polar surface area (TPSA) is 65.2 Å². The SMILES string of the molecule is O=S(=O)(NC1CCN(CCCc2c[nH]c3ccc(F)cc23)C1)c1ccc2ccccc2c1. The van der Waals surface area contributed by atoms with Crippen molar-refractivity contribution in [3.63, 3.8) is 0 Å². The third-order valence-corrected chi connectivity index (χ3v) is 7.79. The zero-order valence-electron chi connectivity index (χ0n) is 17.7. The molecule has 1 unspecified atom stereocenters. The maximum Gasteiger partial charge on any atom is 0.240 e. The highest BCUT2D eigenvalue weighted by Crippen LogP contribution is 2.22. The quantitative estimate of drug-likeness (QED) is 0.436. The minimum absolute atomic E-state index is 0.0892. The molecule has 0 spiro atoms. The number of likely N-dealkylation sites (tertiary alicyclic amines) is 1. The van der Waals surface area contributed by atoms with Crippen LogP contribution in [0.3, 0.4) is 0 Å². The summed E-state index contributed by atoms with van der Waals surface area (Å²) in [4.78, 5) is 5.80. The maximum absolute atomic E-state index is 13.6. The van der Waals surface area contributed by atoms with E-state index in [1.165, 1.54) is 6.07 Å². The van der Waals surface area contributed by atoms with Crippen molar-refractivity contribution in [1.29, 1.82) is 0 Å². The Morgan fingerprint density at radius 1 is 1.06 bits per heavy atom. The second kappa shape index (κ2) is 8.65. The molecule has 1 aromatic heterocycles. The highest BCUT2D eigenvalue weighted by molar-refractivity contribution is 7.89. The van der Waals surface area contributed by atoms with E-state index in [2.05, 4.69) is 14.6 Å². The molecule has 1 atom stereocenters. The number of aromatic nitrogens is 1. The molecule has 2 N–H and O–H groups in total. The van der Waals surface area contributed by atoms with Crippen molar-refractivity contribution in [1.82, 2.24) is 14.6 Å². The van der Waals surface area contributed by atoms with Crippen molar-refractivity contribution in [3.05, 3.63) is 78.2 Å². The highest BCUT2D eigenvalue weighted by Gasteiger charge is 2.27. The number of aromatic amines is 1. The van der Waals surface area contributed by atoms with Gasteiger partial charge in [-0.3, -0.25) is 0 Å². The number of nitrogens with one attached hydrogen (secondary N) is 2. The molecule has 0 aliphatic carbocycles. The summed E-state index contributed by atoms with van der Waals surface area (Å²) in [5.74, 6) is -0.223. The second-order valence-corrected chi connectivity index (χ2v) is 10.2. The molecule has 1 aliphatic heterocycles. The highest BCUT2D eigenvalue weighted by atomic mass is 32.2. The number of aryl methyl sites for hydroxylation is 1. The summed E-state index contributed by atoms with van der Waals surface area (Å²) in [5, 5.41) is 2.88. The van der Waals surface area contributed by atoms with Gasteiger partial charge in [-0.25, -0.2) is 17.5 Å². The lowest BCUT2D eigenvalue weighted by molar-refractivity contribution is 0.327. The van der Waals surface area contributed by atoms with Crippen molar-refractivity contribution >= 4 is 31.7 Å². The van der Waals surface area contributed by atoms with E-state index in [-0.39, 0.29) is 11.9 Å². The van der Waals surface area contributed by atoms with Gasteiger partial charge in [-0.1, -0.05) is 30.3 Å². The monoisotopic (exact) mass is 451 g/mol. The second-order valence-electron chi connectivity index (χ2n) is 8.52. The Labute approximate surface area is 187 Å². The van der Waals surface area contributed by atoms with Gasteiger partial charge in [-0.2, -0.15) is 0 Å². The molecule has 1 aliphatic rings. The summed E-state index contributed by atoms with van der Waals surface area (Å²) >= 11 is 0. The first-order valence-electron chi connectivity index (χ1n) is 11.0. The number of benzene rings is 3. The molecule has 1 fully saturated rings. The summed E-state index contributed by atoms with van der Waals surface area (Å²) in [6, 6.07) is 17.7. The summed E-state index contributed by atoms with van der Waals surface area (Å²) < 4.78 is 42.2. The van der Waals surface area contributed by atoms with Gasteiger partial charge in [0.1, 0.15) is 5.82 Å². The molecule has 0 radical (unpaired) electrons. The van der Waals surface area contributed by atoms with Crippen LogP contribution in [0.25, 0.3) is 21.7 Å². The molecular weight excluding hydrogens is 425 g/mol. The van der Waals surface area contributed by atoms with Crippen molar-refractivity contribution in [2.24, 2.45) is 0 Å². The molecule has 5 nitrogen and oxygen atoms in total. The minimum Gasteiger partial charge on any atom is -0.361 e. The van der Waals surface area contributed by atoms with Crippen LogP contribution in [-0.2, 0) is 16.4 Å². The van der Waals surface area contributed by atoms with Crippen molar-refractivity contribution in [2.75, 3.05) is 19.6 Å². The number of rotatable bonds is 7. The predicted octanol–water partition coefficient (Wildman–Crippen LogP) is 4.45. The molecule has 7 heteroatoms. The van der Waals surface area contributed by atoms with Crippen LogP contribution in [0.2, 0.25) is 0 Å². The van der Waals surface area contributed by atoms with E-state index in [0.717, 1.165) is 59.6 Å². The van der Waals surface area contributed by atoms with Crippen molar-refractivity contribution < 1.29 is 12.8 Å². The molecule has 3 aromatic carbocycles. The fraction of sp³-hybridized carbons (Fsp3) is 0.280. The fourth-order valence-corrected chi connectivity index (χ4v) is 5.90. The molecule has 4 aromatic rings. The van der Waals surface area contributed by atoms with Crippen LogP contribution >= 0.6 is 0 Å². The minimum atomic E-state index is -3.56. The molecule has 0 saturated carbocycles. The number of nitrogens with zero attached hydrogens (tertiary/aromatic N) is 1. The van der Waals surface area contributed by atoms with E-state index in [9.17, 15) is 12.8 Å². The Morgan fingerprint density at radius 2 is 1.91 bits per heavy atom. The lowest BCUT2D eigenvalue weighted by Crippen LogP contribution is -2.37. The number of H-pyrrole nitrogens is 1. The molecular formula is C25H26FN3O2S. The third-order valence-electron chi connectivity index (χ3n) is 6.28. The van der Waals surface area contributed by atoms with Gasteiger partial charge < -0.3 is 9.88 Å². The lowest BCUT2D eigenvalue weighted by atomic mass is 10.1. The van der Waals surface area contributed by atoms with Gasteiger partial charge in [0.25, 0.3) is 0 Å². The number of sulfonamides is 1. The van der Waals surface area contributed by atoms with Crippen LogP contribution in [0.1, 0.15) is 18.4 Å². The zero-order valence-corrected chi connectivity index (χ0v) is 18.5. The number of hydrogen-bond donors (Lipinski definition) is 2. The Bertz CT molecular complexity index is 1370. The van der Waals surface area contributed by atoms with Crippen LogP contribution in [0, 0.1) is 5.82 Å². The smallest absolute Gasteiger partial charge is 0.240 e. The van der Waals surface area contributed by atoms with Crippen LogP contribution in [0.15, 0.2) is 71.8 Å². The Morgan fingerprint density at radius 3 is 2.78 bits per heavy atom. The van der Waals surface area contributed by atoms with Gasteiger partial charge in [0.2, 0.25) is 10.0 Å². The molecule has 5 rings (SSSR count). The molecule has 166 valence electrons. The maximum atomic E-state index is 13.6. The first kappa shape index (κ1) is 21.1. The average molecular weight is 452 g/mol. The van der Waals surface area contributed by atoms with Gasteiger partial charge in [-0.15, -0.1) is 0 Å². The van der Waals surface area contributed by atoms with Gasteiger partial charge in [0, 0.05) is 29.7 Å². The number of fused-ring (bicyclic) bond motifs is 2. The number of halogens is 1. The number of hydrogen-bond acceptors (Lipinski definition) is 3. The molecule has 2 heterocycles. The van der Waals surface area contributed by atoms with Crippen LogP contribution in [0.5, 0.6) is 0 Å². The standard InChI is InChI=1S/C25H26FN3O2S/c26-21-8-10-25-24(15-21)20(16-27-25)6-3-12-29-13-11-22(17-29)28-32(30,31)23-9-7-18-4-1-2-5-19(18)14-23/h1-2,4-5,7-10,14-16,22,27-28H,3,6,11-13,17H2. The predicted molar refractivity (Wildman–Crippen MR) is 126 cm³/mol. The van der Waals surface area contributed by atoms with E-state index in [0.29, 0.717) is 11.4 Å². The summed E-state index contributed by atoms with van der Waals surface area (Å²) in [5.41, 5.74) is 2.07. The summed E-state index contributed by atoms with van der Waals surface area (Å²) in [6.45, 7) is 2.46. The average Bonchev–Trinajstić information content (AvgIpc) is 3.39. The normalized spacial score (nSPS) is 17.5. The van der Waals surface area contributed by atoms with E-state index < -0.39 is 10.0 Å². The van der Waals surface area contributed by atoms with Gasteiger partial charge in [0.15, 0.2) is 0 Å². The Balaban J connectivity index is 1.16. The van der Waals surface area contributed by atoms with Crippen molar-refractivity contribution in [2.45, 2.75) is 30.2 Å². The van der Waals surface area contributed by atoms with Gasteiger partial charge in [0.05, 0.1) is 4.90 Å². The van der Waals surface area contributed by atoms with E-state index in [1.54, 1.807) is 24.3 Å². The Kier molecular flexibility index (Phi) is 5.71. The first-order chi connectivity index (χ1) is 15.5. The van der Waals surface area contributed by atoms with Crippen LogP contribution in [-0.4, -0.2) is 44.0 Å². The Hall–Kier alpha value is -2.74.